The quantitative estimate of drug-likeness (QED) is 0.554. The predicted octanol–water partition coefficient (Wildman–Crippen LogP) is 4.80. The minimum atomic E-state index is -0.344. The highest BCUT2D eigenvalue weighted by molar-refractivity contribution is 8.00. The number of hydrogen-bond donors (Lipinski definition) is 0. The van der Waals surface area contributed by atoms with Gasteiger partial charge < -0.3 is 4.90 Å². The van der Waals surface area contributed by atoms with Gasteiger partial charge in [0.05, 0.1) is 5.25 Å². The molecule has 27 heavy (non-hydrogen) atoms. The maximum absolute atomic E-state index is 13.3. The van der Waals surface area contributed by atoms with Crippen LogP contribution in [0.15, 0.2) is 66.1 Å². The molecule has 0 bridgehead atoms. The van der Waals surface area contributed by atoms with Gasteiger partial charge in [-0.25, -0.2) is 9.37 Å². The lowest BCUT2D eigenvalue weighted by atomic mass is 10.2. The number of halogens is 2. The van der Waals surface area contributed by atoms with Gasteiger partial charge in [-0.15, -0.1) is 0 Å². The summed E-state index contributed by atoms with van der Waals surface area (Å²) in [5, 5.41) is 0.997. The molecule has 2 aromatic carbocycles. The summed E-state index contributed by atoms with van der Waals surface area (Å²) in [5.41, 5.74) is 1.64. The number of benzene rings is 2. The van der Waals surface area contributed by atoms with Crippen LogP contribution in [0, 0.1) is 5.82 Å². The molecule has 0 saturated heterocycles. The van der Waals surface area contributed by atoms with Crippen molar-refractivity contribution in [1.82, 2.24) is 14.5 Å². The van der Waals surface area contributed by atoms with Crippen molar-refractivity contribution in [3.05, 3.63) is 77.3 Å². The normalized spacial score (nSPS) is 12.0. The van der Waals surface area contributed by atoms with Crippen LogP contribution in [0.5, 0.6) is 0 Å². The fraction of sp³-hybridized carbons (Fsp3) is 0.200. The summed E-state index contributed by atoms with van der Waals surface area (Å²) in [6.45, 7) is 2.19. The van der Waals surface area contributed by atoms with E-state index >= 15 is 0 Å². The molecule has 0 radical (unpaired) electrons. The molecule has 0 saturated carbocycles. The van der Waals surface area contributed by atoms with Gasteiger partial charge in [-0.1, -0.05) is 41.6 Å². The first-order chi connectivity index (χ1) is 12.9. The lowest BCUT2D eigenvalue weighted by Crippen LogP contribution is -2.33. The number of carbonyl (C=O) groups excluding carboxylic acids is 1. The number of amides is 1. The number of imidazole rings is 1. The van der Waals surface area contributed by atoms with Crippen molar-refractivity contribution in [3.8, 4) is 5.69 Å². The lowest BCUT2D eigenvalue weighted by molar-refractivity contribution is -0.129. The van der Waals surface area contributed by atoms with E-state index in [0.717, 1.165) is 11.3 Å². The van der Waals surface area contributed by atoms with Crippen LogP contribution in [0.3, 0.4) is 0 Å². The molecule has 1 heterocycles. The van der Waals surface area contributed by atoms with E-state index < -0.39 is 0 Å². The number of carbonyl (C=O) groups is 1. The summed E-state index contributed by atoms with van der Waals surface area (Å²) in [7, 11) is 1.72. The van der Waals surface area contributed by atoms with E-state index in [9.17, 15) is 9.18 Å². The Balaban J connectivity index is 1.69. The molecule has 7 heteroatoms. The molecule has 4 nitrogen and oxygen atoms in total. The second-order valence-corrected chi connectivity index (χ2v) is 7.89. The topological polar surface area (TPSA) is 38.1 Å². The van der Waals surface area contributed by atoms with Crippen LogP contribution in [0.1, 0.15) is 12.5 Å². The molecule has 1 atom stereocenters. The van der Waals surface area contributed by atoms with Crippen LogP contribution >= 0.6 is 23.4 Å². The molecule has 140 valence electrons. The Morgan fingerprint density at radius 1 is 1.30 bits per heavy atom. The fourth-order valence-corrected chi connectivity index (χ4v) is 3.89. The van der Waals surface area contributed by atoms with Crippen molar-refractivity contribution in [2.45, 2.75) is 23.9 Å². The van der Waals surface area contributed by atoms with Crippen LogP contribution in [0.2, 0.25) is 5.02 Å². The summed E-state index contributed by atoms with van der Waals surface area (Å²) in [6, 6.07) is 13.7. The molecule has 0 fully saturated rings. The summed E-state index contributed by atoms with van der Waals surface area (Å²) >= 11 is 7.44. The van der Waals surface area contributed by atoms with Crippen molar-refractivity contribution in [2.24, 2.45) is 0 Å². The van der Waals surface area contributed by atoms with Gasteiger partial charge in [0, 0.05) is 36.7 Å². The molecule has 0 N–H and O–H groups in total. The predicted molar refractivity (Wildman–Crippen MR) is 107 cm³/mol. The maximum Gasteiger partial charge on any atom is 0.235 e. The SMILES string of the molecule is C[C@@H](Sc1nccn1-c1cccc(Cl)c1)C(=O)N(C)Cc1cccc(F)c1. The van der Waals surface area contributed by atoms with Gasteiger partial charge in [0.1, 0.15) is 5.82 Å². The van der Waals surface area contributed by atoms with Gasteiger partial charge >= 0.3 is 0 Å². The Kier molecular flexibility index (Phi) is 6.19. The average Bonchev–Trinajstić information content (AvgIpc) is 3.09. The molecule has 3 rings (SSSR count). The van der Waals surface area contributed by atoms with Crippen LogP contribution < -0.4 is 0 Å². The molecular formula is C20H19ClFN3OS. The minimum Gasteiger partial charge on any atom is -0.340 e. The zero-order valence-corrected chi connectivity index (χ0v) is 16.5. The van der Waals surface area contributed by atoms with E-state index in [1.807, 2.05) is 42.0 Å². The highest BCUT2D eigenvalue weighted by Crippen LogP contribution is 2.26. The Hall–Kier alpha value is -2.31. The smallest absolute Gasteiger partial charge is 0.235 e. The number of hydrogen-bond acceptors (Lipinski definition) is 3. The lowest BCUT2D eigenvalue weighted by Gasteiger charge is -2.21. The van der Waals surface area contributed by atoms with Crippen molar-refractivity contribution < 1.29 is 9.18 Å². The minimum absolute atomic E-state index is 0.0510. The summed E-state index contributed by atoms with van der Waals surface area (Å²) in [4.78, 5) is 18.7. The van der Waals surface area contributed by atoms with E-state index in [1.54, 1.807) is 30.3 Å². The summed E-state index contributed by atoms with van der Waals surface area (Å²) in [5.74, 6) is -0.357. The Morgan fingerprint density at radius 3 is 2.81 bits per heavy atom. The third kappa shape index (κ3) is 4.90. The van der Waals surface area contributed by atoms with Gasteiger partial charge in [0.25, 0.3) is 0 Å². The van der Waals surface area contributed by atoms with Crippen molar-refractivity contribution in [2.75, 3.05) is 7.05 Å². The molecule has 0 aliphatic rings. The third-order valence-electron chi connectivity index (χ3n) is 4.01. The van der Waals surface area contributed by atoms with Gasteiger partial charge in [-0.2, -0.15) is 0 Å². The van der Waals surface area contributed by atoms with E-state index in [1.165, 1.54) is 23.9 Å². The van der Waals surface area contributed by atoms with Gasteiger partial charge in [-0.05, 0) is 42.8 Å². The van der Waals surface area contributed by atoms with Crippen molar-refractivity contribution in [1.29, 1.82) is 0 Å². The Bertz CT molecular complexity index is 946. The molecule has 0 aliphatic heterocycles. The summed E-state index contributed by atoms with van der Waals surface area (Å²) < 4.78 is 15.2. The first-order valence-corrected chi connectivity index (χ1v) is 9.65. The van der Waals surface area contributed by atoms with Crippen LogP contribution in [0.4, 0.5) is 4.39 Å². The van der Waals surface area contributed by atoms with Crippen molar-refractivity contribution in [3.63, 3.8) is 0 Å². The molecule has 0 aliphatic carbocycles. The second-order valence-electron chi connectivity index (χ2n) is 6.14. The Labute approximate surface area is 167 Å². The third-order valence-corrected chi connectivity index (χ3v) is 5.31. The van der Waals surface area contributed by atoms with Crippen molar-refractivity contribution >= 4 is 29.3 Å². The van der Waals surface area contributed by atoms with E-state index in [0.29, 0.717) is 16.7 Å². The molecule has 0 unspecified atom stereocenters. The highest BCUT2D eigenvalue weighted by Gasteiger charge is 2.21. The van der Waals surface area contributed by atoms with Gasteiger partial charge in [0.15, 0.2) is 5.16 Å². The second kappa shape index (κ2) is 8.59. The van der Waals surface area contributed by atoms with Crippen LogP contribution in [-0.2, 0) is 11.3 Å². The van der Waals surface area contributed by atoms with Crippen LogP contribution in [-0.4, -0.2) is 32.7 Å². The standard InChI is InChI=1S/C20H19ClFN3OS/c1-14(19(26)24(2)13-15-5-3-7-17(22)11-15)27-20-23-9-10-25(20)18-8-4-6-16(21)12-18/h3-12,14H,13H2,1-2H3/t14-/m1/s1. The first kappa shape index (κ1) is 19.5. The summed E-state index contributed by atoms with van der Waals surface area (Å²) in [6.07, 6.45) is 3.53. The van der Waals surface area contributed by atoms with E-state index in [-0.39, 0.29) is 17.0 Å². The van der Waals surface area contributed by atoms with Crippen LogP contribution in [0.25, 0.3) is 5.69 Å². The first-order valence-electron chi connectivity index (χ1n) is 8.39. The average molecular weight is 404 g/mol. The molecule has 1 amide bonds. The molecule has 1 aromatic heterocycles. The molecule has 0 spiro atoms. The number of thioether (sulfide) groups is 1. The van der Waals surface area contributed by atoms with E-state index in [2.05, 4.69) is 4.98 Å². The van der Waals surface area contributed by atoms with Gasteiger partial charge in [-0.3, -0.25) is 9.36 Å². The number of aromatic nitrogens is 2. The number of nitrogens with zero attached hydrogens (tertiary/aromatic N) is 3. The fourth-order valence-electron chi connectivity index (χ4n) is 2.71. The largest absolute Gasteiger partial charge is 0.340 e. The Morgan fingerprint density at radius 2 is 2.07 bits per heavy atom. The highest BCUT2D eigenvalue weighted by atomic mass is 35.5. The maximum atomic E-state index is 13.3. The number of rotatable bonds is 6. The van der Waals surface area contributed by atoms with Gasteiger partial charge in [0.2, 0.25) is 5.91 Å². The molecular weight excluding hydrogens is 385 g/mol. The zero-order valence-electron chi connectivity index (χ0n) is 15.0. The monoisotopic (exact) mass is 403 g/mol. The zero-order chi connectivity index (χ0) is 19.4. The molecule has 3 aromatic rings. The van der Waals surface area contributed by atoms with E-state index in [4.69, 9.17) is 11.6 Å².